The van der Waals surface area contributed by atoms with E-state index in [1.54, 1.807) is 11.3 Å². The van der Waals surface area contributed by atoms with Crippen molar-refractivity contribution in [2.75, 3.05) is 25.0 Å². The predicted molar refractivity (Wildman–Crippen MR) is 88.0 cm³/mol. The van der Waals surface area contributed by atoms with Crippen molar-refractivity contribution in [3.63, 3.8) is 0 Å². The molecule has 0 amide bonds. The van der Waals surface area contributed by atoms with E-state index in [1.165, 1.54) is 24.1 Å². The maximum Gasteiger partial charge on any atom is 0.132 e. The second-order valence-corrected chi connectivity index (χ2v) is 6.49. The van der Waals surface area contributed by atoms with Crippen molar-refractivity contribution in [1.82, 2.24) is 15.3 Å². The van der Waals surface area contributed by atoms with E-state index in [9.17, 15) is 0 Å². The number of rotatable bonds is 4. The van der Waals surface area contributed by atoms with E-state index in [-0.39, 0.29) is 0 Å². The van der Waals surface area contributed by atoms with Gasteiger partial charge in [-0.2, -0.15) is 11.3 Å². The Hall–Kier alpha value is -1.46. The van der Waals surface area contributed by atoms with Gasteiger partial charge in [-0.15, -0.1) is 0 Å². The lowest BCUT2D eigenvalue weighted by atomic mass is 9.94. The Kier molecular flexibility index (Phi) is 4.51. The van der Waals surface area contributed by atoms with Gasteiger partial charge in [-0.05, 0) is 55.2 Å². The molecule has 0 spiro atoms. The van der Waals surface area contributed by atoms with Gasteiger partial charge in [0.25, 0.3) is 0 Å². The maximum absolute atomic E-state index is 4.67. The Morgan fingerprint density at radius 2 is 2.14 bits per heavy atom. The predicted octanol–water partition coefficient (Wildman–Crippen LogP) is 2.95. The molecule has 0 aliphatic carbocycles. The Labute approximate surface area is 130 Å². The lowest BCUT2D eigenvalue weighted by Crippen LogP contribution is -2.27. The zero-order valence-electron chi connectivity index (χ0n) is 12.7. The molecule has 3 rings (SSSR count). The number of piperidine rings is 1. The fourth-order valence-electron chi connectivity index (χ4n) is 2.83. The minimum Gasteiger partial charge on any atom is -0.355 e. The van der Waals surface area contributed by atoms with Crippen LogP contribution in [0.4, 0.5) is 5.82 Å². The van der Waals surface area contributed by atoms with Crippen LogP contribution in [0.3, 0.4) is 0 Å². The van der Waals surface area contributed by atoms with Gasteiger partial charge in [0, 0.05) is 31.3 Å². The lowest BCUT2D eigenvalue weighted by molar-refractivity contribution is 0.452. The van der Waals surface area contributed by atoms with Crippen LogP contribution >= 0.6 is 11.3 Å². The van der Waals surface area contributed by atoms with Crippen molar-refractivity contribution in [2.45, 2.75) is 32.2 Å². The summed E-state index contributed by atoms with van der Waals surface area (Å²) in [7, 11) is 2.10. The van der Waals surface area contributed by atoms with Crippen molar-refractivity contribution in [1.29, 1.82) is 0 Å². The summed E-state index contributed by atoms with van der Waals surface area (Å²) in [5.41, 5.74) is 2.54. The van der Waals surface area contributed by atoms with Crippen LogP contribution in [0.2, 0.25) is 0 Å². The Bertz CT molecular complexity index is 576. The fraction of sp³-hybridized carbons (Fsp3) is 0.500. The highest BCUT2D eigenvalue weighted by atomic mass is 32.1. The van der Waals surface area contributed by atoms with Crippen molar-refractivity contribution in [3.05, 3.63) is 40.0 Å². The molecule has 2 aromatic rings. The summed E-state index contributed by atoms with van der Waals surface area (Å²) in [6, 6.07) is 4.35. The van der Waals surface area contributed by atoms with E-state index in [2.05, 4.69) is 50.1 Å². The highest BCUT2D eigenvalue weighted by Crippen LogP contribution is 2.26. The van der Waals surface area contributed by atoms with Crippen LogP contribution in [0, 0.1) is 6.92 Å². The van der Waals surface area contributed by atoms with Crippen LogP contribution in [-0.4, -0.2) is 30.1 Å². The Morgan fingerprint density at radius 1 is 1.33 bits per heavy atom. The first-order chi connectivity index (χ1) is 10.2. The molecule has 0 atom stereocenters. The fourth-order valence-corrected chi connectivity index (χ4v) is 3.49. The van der Waals surface area contributed by atoms with Crippen LogP contribution in [-0.2, 0) is 6.54 Å². The van der Waals surface area contributed by atoms with Gasteiger partial charge in [-0.1, -0.05) is 0 Å². The van der Waals surface area contributed by atoms with Crippen molar-refractivity contribution < 1.29 is 0 Å². The normalized spacial score (nSPS) is 16.1. The molecule has 112 valence electrons. The molecule has 0 radical (unpaired) electrons. The summed E-state index contributed by atoms with van der Waals surface area (Å²) in [6.07, 6.45) is 2.34. The van der Waals surface area contributed by atoms with Crippen molar-refractivity contribution >= 4 is 17.2 Å². The third-order valence-electron chi connectivity index (χ3n) is 3.99. The smallest absolute Gasteiger partial charge is 0.132 e. The highest BCUT2D eigenvalue weighted by Gasteiger charge is 2.18. The molecule has 1 fully saturated rings. The van der Waals surface area contributed by atoms with E-state index in [0.717, 1.165) is 31.3 Å². The first-order valence-electron chi connectivity index (χ1n) is 7.51. The molecule has 0 aromatic carbocycles. The third kappa shape index (κ3) is 3.60. The summed E-state index contributed by atoms with van der Waals surface area (Å²) < 4.78 is 0. The van der Waals surface area contributed by atoms with Gasteiger partial charge < -0.3 is 10.2 Å². The summed E-state index contributed by atoms with van der Waals surface area (Å²) in [4.78, 5) is 11.5. The summed E-state index contributed by atoms with van der Waals surface area (Å²) in [5, 5.41) is 7.73. The van der Waals surface area contributed by atoms with Crippen molar-refractivity contribution in [2.24, 2.45) is 0 Å². The number of hydrogen-bond acceptors (Lipinski definition) is 5. The van der Waals surface area contributed by atoms with Crippen LogP contribution in [0.15, 0.2) is 22.9 Å². The quantitative estimate of drug-likeness (QED) is 0.943. The zero-order valence-corrected chi connectivity index (χ0v) is 13.5. The molecular weight excluding hydrogens is 280 g/mol. The minimum absolute atomic E-state index is 0.571. The maximum atomic E-state index is 4.67. The van der Waals surface area contributed by atoms with Gasteiger partial charge in [-0.25, -0.2) is 9.97 Å². The number of aromatic nitrogens is 2. The second kappa shape index (κ2) is 6.54. The van der Waals surface area contributed by atoms with E-state index in [0.29, 0.717) is 5.92 Å². The number of aryl methyl sites for hydroxylation is 1. The first kappa shape index (κ1) is 14.5. The van der Waals surface area contributed by atoms with E-state index < -0.39 is 0 Å². The molecule has 21 heavy (non-hydrogen) atoms. The van der Waals surface area contributed by atoms with Gasteiger partial charge in [0.1, 0.15) is 11.6 Å². The highest BCUT2D eigenvalue weighted by molar-refractivity contribution is 7.07. The molecule has 0 unspecified atom stereocenters. The van der Waals surface area contributed by atoms with E-state index >= 15 is 0 Å². The van der Waals surface area contributed by atoms with Gasteiger partial charge in [-0.3, -0.25) is 0 Å². The van der Waals surface area contributed by atoms with Gasteiger partial charge in [0.15, 0.2) is 0 Å². The number of nitrogens with one attached hydrogen (secondary N) is 1. The number of nitrogens with zero attached hydrogens (tertiary/aromatic N) is 3. The minimum atomic E-state index is 0.571. The summed E-state index contributed by atoms with van der Waals surface area (Å²) in [5.74, 6) is 2.47. The molecule has 1 saturated heterocycles. The third-order valence-corrected chi connectivity index (χ3v) is 4.72. The van der Waals surface area contributed by atoms with Crippen LogP contribution in [0.25, 0.3) is 0 Å². The van der Waals surface area contributed by atoms with Gasteiger partial charge >= 0.3 is 0 Å². The second-order valence-electron chi connectivity index (χ2n) is 5.71. The number of hydrogen-bond donors (Lipinski definition) is 1. The van der Waals surface area contributed by atoms with Crippen LogP contribution in [0.5, 0.6) is 0 Å². The Balaban J connectivity index is 1.79. The lowest BCUT2D eigenvalue weighted by Gasteiger charge is -2.24. The molecule has 1 N–H and O–H groups in total. The van der Waals surface area contributed by atoms with Gasteiger partial charge in [0.05, 0.1) is 0 Å². The van der Waals surface area contributed by atoms with Crippen LogP contribution < -0.4 is 10.2 Å². The molecule has 4 nitrogen and oxygen atoms in total. The SMILES string of the molecule is Cc1nc(C2CCNCC2)cc(N(C)Cc2ccsc2)n1. The zero-order chi connectivity index (χ0) is 14.7. The molecule has 2 aromatic heterocycles. The molecular formula is C16H22N4S. The monoisotopic (exact) mass is 302 g/mol. The topological polar surface area (TPSA) is 41.1 Å². The summed E-state index contributed by atoms with van der Waals surface area (Å²) in [6.45, 7) is 5.07. The molecule has 5 heteroatoms. The molecule has 0 saturated carbocycles. The molecule has 0 bridgehead atoms. The summed E-state index contributed by atoms with van der Waals surface area (Å²) >= 11 is 1.74. The number of thiophene rings is 1. The van der Waals surface area contributed by atoms with E-state index in [1.807, 2.05) is 6.92 Å². The molecule has 1 aliphatic rings. The van der Waals surface area contributed by atoms with E-state index in [4.69, 9.17) is 0 Å². The number of anilines is 1. The first-order valence-corrected chi connectivity index (χ1v) is 8.45. The standard InChI is InChI=1S/C16H22N4S/c1-12-18-15(14-3-6-17-7-4-14)9-16(19-12)20(2)10-13-5-8-21-11-13/h5,8-9,11,14,17H,3-4,6-7,10H2,1-2H3. The van der Waals surface area contributed by atoms with Gasteiger partial charge in [0.2, 0.25) is 0 Å². The molecule has 1 aliphatic heterocycles. The average molecular weight is 302 g/mol. The average Bonchev–Trinajstić information content (AvgIpc) is 3.00. The largest absolute Gasteiger partial charge is 0.355 e. The molecule has 3 heterocycles. The van der Waals surface area contributed by atoms with Crippen LogP contribution in [0.1, 0.15) is 35.8 Å². The van der Waals surface area contributed by atoms with Crippen molar-refractivity contribution in [3.8, 4) is 0 Å². The Morgan fingerprint density at radius 3 is 2.86 bits per heavy atom.